The van der Waals surface area contributed by atoms with Crippen LogP contribution in [0, 0.1) is 0 Å². The van der Waals surface area contributed by atoms with Gasteiger partial charge >= 0.3 is 0 Å². The Morgan fingerprint density at radius 2 is 1.62 bits per heavy atom. The molecule has 3 rings (SSSR count). The summed E-state index contributed by atoms with van der Waals surface area (Å²) >= 11 is 0. The number of rotatable bonds is 7. The number of hydrogen-bond acceptors (Lipinski definition) is 1. The van der Waals surface area contributed by atoms with Crippen molar-refractivity contribution >= 4 is 11.6 Å². The lowest BCUT2D eigenvalue weighted by Gasteiger charge is -2.24. The molecule has 1 amide bonds. The molecule has 2 aromatic carbocycles. The minimum absolute atomic E-state index is 0.254. The Labute approximate surface area is 145 Å². The van der Waals surface area contributed by atoms with E-state index in [1.54, 1.807) is 0 Å². The van der Waals surface area contributed by atoms with Crippen LogP contribution in [0.5, 0.6) is 0 Å². The van der Waals surface area contributed by atoms with Crippen molar-refractivity contribution in [3.63, 3.8) is 0 Å². The van der Waals surface area contributed by atoms with Crippen LogP contribution in [0.25, 0.3) is 0 Å². The average molecular weight is 321 g/mol. The molecule has 0 radical (unpaired) electrons. The number of fused-ring (bicyclic) bond motifs is 1. The zero-order valence-corrected chi connectivity index (χ0v) is 14.8. The highest BCUT2D eigenvalue weighted by molar-refractivity contribution is 6.07. The first kappa shape index (κ1) is 16.8. The minimum atomic E-state index is -0.376. The van der Waals surface area contributed by atoms with Crippen LogP contribution in [0.1, 0.15) is 57.1 Å². The molecule has 126 valence electrons. The van der Waals surface area contributed by atoms with Crippen molar-refractivity contribution in [3.05, 3.63) is 65.7 Å². The van der Waals surface area contributed by atoms with E-state index in [-0.39, 0.29) is 11.3 Å². The molecule has 2 aromatic rings. The number of para-hydroxylation sites is 1. The minimum Gasteiger partial charge on any atom is -0.307 e. The highest BCUT2D eigenvalue weighted by Crippen LogP contribution is 2.45. The highest BCUT2D eigenvalue weighted by atomic mass is 16.2. The van der Waals surface area contributed by atoms with E-state index in [1.807, 2.05) is 29.2 Å². The molecule has 2 heteroatoms. The monoisotopic (exact) mass is 321 g/mol. The van der Waals surface area contributed by atoms with Crippen LogP contribution in [-0.4, -0.2) is 5.91 Å². The first-order valence-electron chi connectivity index (χ1n) is 9.12. The zero-order valence-electron chi connectivity index (χ0n) is 14.8. The lowest BCUT2D eigenvalue weighted by molar-refractivity contribution is -0.123. The number of anilines is 1. The van der Waals surface area contributed by atoms with Crippen molar-refractivity contribution in [2.24, 2.45) is 0 Å². The maximum absolute atomic E-state index is 13.3. The van der Waals surface area contributed by atoms with E-state index < -0.39 is 0 Å². The predicted octanol–water partition coefficient (Wildman–Crippen LogP) is 5.46. The van der Waals surface area contributed by atoms with Crippen LogP contribution >= 0.6 is 0 Å². The Morgan fingerprint density at radius 1 is 0.917 bits per heavy atom. The third-order valence-corrected chi connectivity index (χ3v) is 5.22. The van der Waals surface area contributed by atoms with E-state index >= 15 is 0 Å². The topological polar surface area (TPSA) is 20.3 Å². The second kappa shape index (κ2) is 7.21. The van der Waals surface area contributed by atoms with E-state index in [4.69, 9.17) is 0 Å². The fourth-order valence-corrected chi connectivity index (χ4v) is 3.77. The number of carbonyl (C=O) groups is 1. The number of amides is 1. The van der Waals surface area contributed by atoms with Gasteiger partial charge in [0.1, 0.15) is 0 Å². The fraction of sp³-hybridized carbons (Fsp3) is 0.409. The molecule has 1 heterocycles. The van der Waals surface area contributed by atoms with Gasteiger partial charge in [0.25, 0.3) is 0 Å². The summed E-state index contributed by atoms with van der Waals surface area (Å²) in [6.07, 6.45) is 5.74. The Bertz CT molecular complexity index is 694. The van der Waals surface area contributed by atoms with E-state index in [2.05, 4.69) is 44.2 Å². The van der Waals surface area contributed by atoms with Gasteiger partial charge in [-0.1, -0.05) is 81.1 Å². The Balaban J connectivity index is 1.86. The van der Waals surface area contributed by atoms with E-state index in [1.165, 1.54) is 30.4 Å². The molecule has 1 aliphatic heterocycles. The first-order valence-corrected chi connectivity index (χ1v) is 9.12. The predicted molar refractivity (Wildman–Crippen MR) is 100 cm³/mol. The Kier molecular flexibility index (Phi) is 5.03. The summed E-state index contributed by atoms with van der Waals surface area (Å²) in [5.41, 5.74) is 3.08. The van der Waals surface area contributed by atoms with Crippen molar-refractivity contribution in [1.82, 2.24) is 0 Å². The molecule has 0 saturated carbocycles. The summed E-state index contributed by atoms with van der Waals surface area (Å²) < 4.78 is 0. The lowest BCUT2D eigenvalue weighted by atomic mass is 9.79. The van der Waals surface area contributed by atoms with Crippen molar-refractivity contribution in [2.45, 2.75) is 57.9 Å². The van der Waals surface area contributed by atoms with Crippen LogP contribution in [0.3, 0.4) is 0 Å². The zero-order chi connectivity index (χ0) is 17.0. The Hall–Kier alpha value is -2.09. The summed E-state index contributed by atoms with van der Waals surface area (Å²) in [6.45, 7) is 5.01. The quantitative estimate of drug-likeness (QED) is 0.620. The van der Waals surface area contributed by atoms with Crippen molar-refractivity contribution in [3.8, 4) is 0 Å². The maximum Gasteiger partial charge on any atom is 0.237 e. The van der Waals surface area contributed by atoms with Gasteiger partial charge in [0, 0.05) is 5.69 Å². The van der Waals surface area contributed by atoms with E-state index in [0.717, 1.165) is 18.5 Å². The van der Waals surface area contributed by atoms with Gasteiger partial charge in [0.2, 0.25) is 5.91 Å². The molecule has 0 fully saturated rings. The number of benzene rings is 2. The number of nitrogens with zero attached hydrogens (tertiary/aromatic N) is 1. The fourth-order valence-electron chi connectivity index (χ4n) is 3.77. The maximum atomic E-state index is 13.3. The molecule has 0 aromatic heterocycles. The standard InChI is InChI=1S/C22H27NO/c1-3-4-5-11-16-22(2)19-14-9-10-15-20(19)23(21(22)24)17-18-12-7-6-8-13-18/h6-10,12-15H,3-5,11,16-17H2,1-2H3/t22-/m0/s1. The SMILES string of the molecule is CCCCCC[C@]1(C)C(=O)N(Cc2ccccc2)c2ccccc21. The second-order valence-corrected chi connectivity index (χ2v) is 7.04. The largest absolute Gasteiger partial charge is 0.307 e. The van der Waals surface area contributed by atoms with Gasteiger partial charge in [-0.05, 0) is 30.5 Å². The second-order valence-electron chi connectivity index (χ2n) is 7.04. The summed E-state index contributed by atoms with van der Waals surface area (Å²) in [5, 5.41) is 0. The van der Waals surface area contributed by atoms with Gasteiger partial charge < -0.3 is 4.90 Å². The van der Waals surface area contributed by atoms with Gasteiger partial charge in [0.05, 0.1) is 12.0 Å². The van der Waals surface area contributed by atoms with Gasteiger partial charge in [0.15, 0.2) is 0 Å². The third-order valence-electron chi connectivity index (χ3n) is 5.22. The smallest absolute Gasteiger partial charge is 0.237 e. The molecule has 0 N–H and O–H groups in total. The molecule has 0 bridgehead atoms. The van der Waals surface area contributed by atoms with Gasteiger partial charge in [-0.2, -0.15) is 0 Å². The molecule has 2 nitrogen and oxygen atoms in total. The lowest BCUT2D eigenvalue weighted by Crippen LogP contribution is -2.37. The van der Waals surface area contributed by atoms with Gasteiger partial charge in [-0.3, -0.25) is 4.79 Å². The summed E-state index contributed by atoms with van der Waals surface area (Å²) in [7, 11) is 0. The van der Waals surface area contributed by atoms with Crippen molar-refractivity contribution < 1.29 is 4.79 Å². The van der Waals surface area contributed by atoms with Crippen LogP contribution in [0.15, 0.2) is 54.6 Å². The van der Waals surface area contributed by atoms with Crippen molar-refractivity contribution in [2.75, 3.05) is 4.90 Å². The molecule has 1 aliphatic rings. The van der Waals surface area contributed by atoms with Crippen molar-refractivity contribution in [1.29, 1.82) is 0 Å². The van der Waals surface area contributed by atoms with Crippen LogP contribution in [-0.2, 0) is 16.8 Å². The molecule has 0 spiro atoms. The van der Waals surface area contributed by atoms with Crippen LogP contribution in [0.4, 0.5) is 5.69 Å². The molecular formula is C22H27NO. The van der Waals surface area contributed by atoms with E-state index in [9.17, 15) is 4.79 Å². The number of unbranched alkanes of at least 4 members (excludes halogenated alkanes) is 3. The van der Waals surface area contributed by atoms with Gasteiger partial charge in [-0.25, -0.2) is 0 Å². The number of carbonyl (C=O) groups excluding carboxylic acids is 1. The first-order chi connectivity index (χ1) is 11.7. The normalized spacial score (nSPS) is 19.6. The highest BCUT2D eigenvalue weighted by Gasteiger charge is 2.46. The van der Waals surface area contributed by atoms with Crippen LogP contribution < -0.4 is 4.90 Å². The van der Waals surface area contributed by atoms with E-state index in [0.29, 0.717) is 6.54 Å². The molecule has 0 aliphatic carbocycles. The Morgan fingerprint density at radius 3 is 2.38 bits per heavy atom. The third kappa shape index (κ3) is 3.10. The average Bonchev–Trinajstić information content (AvgIpc) is 2.82. The molecular weight excluding hydrogens is 294 g/mol. The van der Waals surface area contributed by atoms with Gasteiger partial charge in [-0.15, -0.1) is 0 Å². The molecule has 0 unspecified atom stereocenters. The summed E-state index contributed by atoms with van der Waals surface area (Å²) in [4.78, 5) is 15.3. The summed E-state index contributed by atoms with van der Waals surface area (Å²) in [6, 6.07) is 18.6. The molecule has 0 saturated heterocycles. The molecule has 1 atom stereocenters. The molecule has 24 heavy (non-hydrogen) atoms. The number of hydrogen-bond donors (Lipinski definition) is 0. The summed E-state index contributed by atoms with van der Waals surface area (Å²) in [5.74, 6) is 0.254. The van der Waals surface area contributed by atoms with Crippen LogP contribution in [0.2, 0.25) is 0 Å².